The summed E-state index contributed by atoms with van der Waals surface area (Å²) >= 11 is 15.6. The van der Waals surface area contributed by atoms with E-state index in [0.717, 1.165) is 24.5 Å². The first-order chi connectivity index (χ1) is 8.60. The molecule has 0 fully saturated rings. The highest BCUT2D eigenvalue weighted by molar-refractivity contribution is 9.11. The van der Waals surface area contributed by atoms with Crippen molar-refractivity contribution in [2.24, 2.45) is 0 Å². The minimum absolute atomic E-state index is 0.571. The first kappa shape index (κ1) is 15.0. The average Bonchev–Trinajstić information content (AvgIpc) is 2.73. The van der Waals surface area contributed by atoms with Gasteiger partial charge in [-0.15, -0.1) is 11.3 Å². The molecule has 0 aliphatic rings. The molecule has 0 aliphatic carbocycles. The molecule has 1 aromatic heterocycles. The van der Waals surface area contributed by atoms with Gasteiger partial charge in [-0.25, -0.2) is 0 Å². The number of halogens is 4. The van der Waals surface area contributed by atoms with Crippen LogP contribution in [0.5, 0.6) is 5.75 Å². The van der Waals surface area contributed by atoms with Crippen molar-refractivity contribution in [1.29, 1.82) is 0 Å². The molecule has 0 N–H and O–H groups in total. The molecular weight excluding hydrogens is 512 g/mol. The van der Waals surface area contributed by atoms with E-state index >= 15 is 0 Å². The molecule has 0 radical (unpaired) electrons. The van der Waals surface area contributed by atoms with E-state index in [9.17, 15) is 0 Å². The van der Waals surface area contributed by atoms with Crippen molar-refractivity contribution >= 4 is 75.1 Å². The molecule has 2 aromatic rings. The third-order valence-electron chi connectivity index (χ3n) is 2.19. The monoisotopic (exact) mass is 516 g/mol. The summed E-state index contributed by atoms with van der Waals surface area (Å²) in [5, 5.41) is 2.87. The van der Waals surface area contributed by atoms with Crippen LogP contribution >= 0.6 is 75.1 Å². The van der Waals surface area contributed by atoms with Crippen molar-refractivity contribution in [3.8, 4) is 5.75 Å². The van der Waals surface area contributed by atoms with Crippen LogP contribution in [0.15, 0.2) is 37.0 Å². The van der Waals surface area contributed by atoms with Gasteiger partial charge in [0.1, 0.15) is 12.4 Å². The van der Waals surface area contributed by atoms with Gasteiger partial charge in [0, 0.05) is 20.1 Å². The molecule has 1 nitrogen and oxygen atoms in total. The summed E-state index contributed by atoms with van der Waals surface area (Å²) in [6, 6.07) is 6.18. The quantitative estimate of drug-likeness (QED) is 0.419. The van der Waals surface area contributed by atoms with Gasteiger partial charge in [0.05, 0.1) is 8.95 Å². The molecule has 0 bridgehead atoms. The number of hydrogen-bond acceptors (Lipinski definition) is 2. The molecule has 96 valence electrons. The molecule has 2 rings (SSSR count). The number of rotatable bonds is 4. The molecule has 0 saturated carbocycles. The standard InChI is InChI=1S/C12H8Br4OS/c13-4-7-1-10(15)12(11(16)2-7)17-5-9-3-8(14)6-18-9/h1-3,6H,4-5H2. The van der Waals surface area contributed by atoms with Gasteiger partial charge >= 0.3 is 0 Å². The lowest BCUT2D eigenvalue weighted by molar-refractivity contribution is 0.305. The van der Waals surface area contributed by atoms with Gasteiger partial charge in [-0.05, 0) is 71.6 Å². The van der Waals surface area contributed by atoms with Crippen molar-refractivity contribution < 1.29 is 4.74 Å². The highest BCUT2D eigenvalue weighted by atomic mass is 79.9. The summed E-state index contributed by atoms with van der Waals surface area (Å²) in [5.74, 6) is 0.837. The SMILES string of the molecule is BrCc1cc(Br)c(OCc2cc(Br)cs2)c(Br)c1. The van der Waals surface area contributed by atoms with Crippen LogP contribution in [-0.4, -0.2) is 0 Å². The lowest BCUT2D eigenvalue weighted by atomic mass is 10.2. The smallest absolute Gasteiger partial charge is 0.148 e. The zero-order valence-electron chi connectivity index (χ0n) is 9.05. The number of ether oxygens (including phenoxy) is 1. The summed E-state index contributed by atoms with van der Waals surface area (Å²) < 4.78 is 8.86. The van der Waals surface area contributed by atoms with Crippen molar-refractivity contribution in [3.05, 3.63) is 47.4 Å². The number of hydrogen-bond donors (Lipinski definition) is 0. The van der Waals surface area contributed by atoms with E-state index in [1.807, 2.05) is 0 Å². The lowest BCUT2D eigenvalue weighted by Gasteiger charge is -2.10. The van der Waals surface area contributed by atoms with E-state index in [-0.39, 0.29) is 0 Å². The first-order valence-corrected chi connectivity index (χ1v) is 9.37. The van der Waals surface area contributed by atoms with Gasteiger partial charge in [0.2, 0.25) is 0 Å². The number of benzene rings is 1. The van der Waals surface area contributed by atoms with Crippen LogP contribution in [0.25, 0.3) is 0 Å². The van der Waals surface area contributed by atoms with Crippen LogP contribution in [0.1, 0.15) is 10.4 Å². The molecular formula is C12H8Br4OS. The normalized spacial score (nSPS) is 10.7. The minimum Gasteiger partial charge on any atom is -0.486 e. The second-order valence-corrected chi connectivity index (χ2v) is 7.72. The summed E-state index contributed by atoms with van der Waals surface area (Å²) in [6.07, 6.45) is 0. The third kappa shape index (κ3) is 3.82. The zero-order valence-corrected chi connectivity index (χ0v) is 16.2. The summed E-state index contributed by atoms with van der Waals surface area (Å²) in [5.41, 5.74) is 1.19. The Balaban J connectivity index is 2.14. The third-order valence-corrected chi connectivity index (χ3v) is 5.69. The Morgan fingerprint density at radius 1 is 1.06 bits per heavy atom. The predicted octanol–water partition coefficient (Wildman–Crippen LogP) is 6.51. The summed E-state index contributed by atoms with van der Waals surface area (Å²) in [7, 11) is 0. The largest absolute Gasteiger partial charge is 0.486 e. The van der Waals surface area contributed by atoms with Gasteiger partial charge in [0.15, 0.2) is 0 Å². The van der Waals surface area contributed by atoms with Gasteiger partial charge in [-0.2, -0.15) is 0 Å². The van der Waals surface area contributed by atoms with Gasteiger partial charge in [-0.1, -0.05) is 15.9 Å². The van der Waals surface area contributed by atoms with Gasteiger partial charge in [0.25, 0.3) is 0 Å². The van der Waals surface area contributed by atoms with E-state index in [4.69, 9.17) is 4.74 Å². The van der Waals surface area contributed by atoms with Crippen LogP contribution < -0.4 is 4.74 Å². The van der Waals surface area contributed by atoms with Gasteiger partial charge in [-0.3, -0.25) is 0 Å². The Kier molecular flexibility index (Phi) is 5.75. The molecule has 6 heteroatoms. The topological polar surface area (TPSA) is 9.23 Å². The Bertz CT molecular complexity index is 530. The molecule has 1 aromatic carbocycles. The van der Waals surface area contributed by atoms with E-state index in [2.05, 4.69) is 87.3 Å². The molecule has 0 spiro atoms. The molecule has 0 unspecified atom stereocenters. The highest BCUT2D eigenvalue weighted by Crippen LogP contribution is 2.36. The van der Waals surface area contributed by atoms with Crippen molar-refractivity contribution in [1.82, 2.24) is 0 Å². The van der Waals surface area contributed by atoms with E-state index < -0.39 is 0 Å². The molecule has 18 heavy (non-hydrogen) atoms. The number of alkyl halides is 1. The maximum Gasteiger partial charge on any atom is 0.148 e. The van der Waals surface area contributed by atoms with Crippen molar-refractivity contribution in [3.63, 3.8) is 0 Å². The van der Waals surface area contributed by atoms with Crippen LogP contribution in [0.2, 0.25) is 0 Å². The van der Waals surface area contributed by atoms with E-state index in [1.54, 1.807) is 11.3 Å². The molecule has 0 aliphatic heterocycles. The highest BCUT2D eigenvalue weighted by Gasteiger charge is 2.09. The Hall–Kier alpha value is 0.640. The van der Waals surface area contributed by atoms with Crippen LogP contribution in [-0.2, 0) is 11.9 Å². The van der Waals surface area contributed by atoms with Crippen molar-refractivity contribution in [2.45, 2.75) is 11.9 Å². The number of thiophene rings is 1. The van der Waals surface area contributed by atoms with E-state index in [1.165, 1.54) is 10.4 Å². The first-order valence-electron chi connectivity index (χ1n) is 4.99. The van der Waals surface area contributed by atoms with Crippen LogP contribution in [0.3, 0.4) is 0 Å². The maximum atomic E-state index is 5.85. The second-order valence-electron chi connectivity index (χ2n) is 3.54. The van der Waals surface area contributed by atoms with Crippen LogP contribution in [0.4, 0.5) is 0 Å². The minimum atomic E-state index is 0.571. The Labute approximate surface area is 143 Å². The maximum absolute atomic E-state index is 5.85. The zero-order chi connectivity index (χ0) is 13.1. The average molecular weight is 520 g/mol. The fourth-order valence-electron chi connectivity index (χ4n) is 1.40. The predicted molar refractivity (Wildman–Crippen MR) is 90.8 cm³/mol. The van der Waals surface area contributed by atoms with Crippen LogP contribution in [0, 0.1) is 0 Å². The second kappa shape index (κ2) is 6.88. The fraction of sp³-hybridized carbons (Fsp3) is 0.167. The molecule has 0 amide bonds. The Morgan fingerprint density at radius 2 is 1.72 bits per heavy atom. The molecule has 0 saturated heterocycles. The van der Waals surface area contributed by atoms with E-state index in [0.29, 0.717) is 6.61 Å². The summed E-state index contributed by atoms with van der Waals surface area (Å²) in [4.78, 5) is 1.19. The lowest BCUT2D eigenvalue weighted by Crippen LogP contribution is -1.95. The van der Waals surface area contributed by atoms with Gasteiger partial charge < -0.3 is 4.74 Å². The van der Waals surface area contributed by atoms with Crippen molar-refractivity contribution in [2.75, 3.05) is 0 Å². The fourth-order valence-corrected chi connectivity index (χ4v) is 4.60. The molecule has 0 atom stereocenters. The summed E-state index contributed by atoms with van der Waals surface area (Å²) in [6.45, 7) is 0.571. The molecule has 1 heterocycles. The Morgan fingerprint density at radius 3 is 2.22 bits per heavy atom.